The number of rotatable bonds is 2. The highest BCUT2D eigenvalue weighted by Gasteiger charge is 2.33. The summed E-state index contributed by atoms with van der Waals surface area (Å²) in [6.45, 7) is 0.983. The average Bonchev–Trinajstić information content (AvgIpc) is 2.48. The Morgan fingerprint density at radius 2 is 2.25 bits per heavy atom. The summed E-state index contributed by atoms with van der Waals surface area (Å²) in [5, 5.41) is 3.02. The van der Waals surface area contributed by atoms with Crippen LogP contribution in [0.15, 0.2) is 22.7 Å². The third-order valence-electron chi connectivity index (χ3n) is 3.10. The molecule has 5 nitrogen and oxygen atoms in total. The van der Waals surface area contributed by atoms with Gasteiger partial charge >= 0.3 is 0 Å². The van der Waals surface area contributed by atoms with E-state index in [1.54, 1.807) is 18.2 Å². The third kappa shape index (κ3) is 3.13. The molecule has 1 aromatic carbocycles. The van der Waals surface area contributed by atoms with Gasteiger partial charge in [0.25, 0.3) is 5.91 Å². The van der Waals surface area contributed by atoms with E-state index in [0.717, 1.165) is 0 Å². The van der Waals surface area contributed by atoms with E-state index in [9.17, 15) is 9.59 Å². The molecule has 1 fully saturated rings. The number of carbonyl (C=O) groups excluding carboxylic acids is 2. The molecule has 108 valence electrons. The summed E-state index contributed by atoms with van der Waals surface area (Å²) in [7, 11) is 1.54. The van der Waals surface area contributed by atoms with Gasteiger partial charge in [-0.05, 0) is 34.1 Å². The second-order valence-corrected chi connectivity index (χ2v) is 5.62. The molecule has 1 aromatic rings. The van der Waals surface area contributed by atoms with Crippen molar-refractivity contribution in [3.8, 4) is 0 Å². The Morgan fingerprint density at radius 3 is 2.95 bits per heavy atom. The lowest BCUT2D eigenvalue weighted by molar-refractivity contribution is -0.130. The highest BCUT2D eigenvalue weighted by Crippen LogP contribution is 2.24. The van der Waals surface area contributed by atoms with E-state index in [0.29, 0.717) is 28.2 Å². The molecule has 1 N–H and O–H groups in total. The molecule has 0 aromatic heterocycles. The Balaban J connectivity index is 2.30. The normalized spacial score (nSPS) is 18.8. The second-order valence-electron chi connectivity index (χ2n) is 4.33. The minimum atomic E-state index is -0.618. The number of likely N-dealkylation sites (N-methyl/N-ethyl adjacent to an activating group) is 1. The van der Waals surface area contributed by atoms with Crippen molar-refractivity contribution in [2.75, 3.05) is 26.8 Å². The van der Waals surface area contributed by atoms with Gasteiger partial charge < -0.3 is 15.0 Å². The number of ether oxygens (including phenoxy) is 1. The number of benzene rings is 1. The topological polar surface area (TPSA) is 58.6 Å². The van der Waals surface area contributed by atoms with Gasteiger partial charge in [-0.2, -0.15) is 0 Å². The minimum Gasteiger partial charge on any atom is -0.377 e. The van der Waals surface area contributed by atoms with Gasteiger partial charge in [0.15, 0.2) is 0 Å². The molecule has 0 spiro atoms. The molecule has 1 saturated heterocycles. The molecule has 1 aliphatic heterocycles. The van der Waals surface area contributed by atoms with Crippen molar-refractivity contribution in [2.45, 2.75) is 6.04 Å². The zero-order chi connectivity index (χ0) is 14.7. The Morgan fingerprint density at radius 1 is 1.50 bits per heavy atom. The molecule has 1 unspecified atom stereocenters. The molecular weight excluding hydrogens is 348 g/mol. The second kappa shape index (κ2) is 6.56. The molecule has 2 rings (SSSR count). The van der Waals surface area contributed by atoms with Gasteiger partial charge in [0, 0.05) is 23.1 Å². The Kier molecular flexibility index (Phi) is 5.01. The van der Waals surface area contributed by atoms with Crippen LogP contribution in [0.3, 0.4) is 0 Å². The molecule has 0 aliphatic carbocycles. The van der Waals surface area contributed by atoms with E-state index < -0.39 is 6.04 Å². The molecule has 1 heterocycles. The smallest absolute Gasteiger partial charge is 0.255 e. The van der Waals surface area contributed by atoms with Crippen molar-refractivity contribution in [1.29, 1.82) is 0 Å². The number of carbonyl (C=O) groups is 2. The SMILES string of the molecule is CNC(=O)C1COCCN1C(=O)c1cc(Cl)ccc1Br. The molecule has 20 heavy (non-hydrogen) atoms. The summed E-state index contributed by atoms with van der Waals surface area (Å²) in [5.41, 5.74) is 0.438. The Labute approximate surface area is 130 Å². The summed E-state index contributed by atoms with van der Waals surface area (Å²) in [6.07, 6.45) is 0. The van der Waals surface area contributed by atoms with Gasteiger partial charge in [0.2, 0.25) is 5.91 Å². The summed E-state index contributed by atoms with van der Waals surface area (Å²) >= 11 is 9.26. The van der Waals surface area contributed by atoms with Crippen LogP contribution in [0.25, 0.3) is 0 Å². The van der Waals surface area contributed by atoms with Crippen molar-refractivity contribution in [3.05, 3.63) is 33.3 Å². The van der Waals surface area contributed by atoms with Gasteiger partial charge in [-0.3, -0.25) is 9.59 Å². The van der Waals surface area contributed by atoms with E-state index >= 15 is 0 Å². The average molecular weight is 362 g/mol. The summed E-state index contributed by atoms with van der Waals surface area (Å²) in [6, 6.07) is 4.37. The van der Waals surface area contributed by atoms with Crippen LogP contribution in [0.5, 0.6) is 0 Å². The lowest BCUT2D eigenvalue weighted by Crippen LogP contribution is -2.55. The van der Waals surface area contributed by atoms with Crippen LogP contribution in [-0.4, -0.2) is 49.6 Å². The maximum Gasteiger partial charge on any atom is 0.255 e. The zero-order valence-corrected chi connectivity index (χ0v) is 13.2. The first kappa shape index (κ1) is 15.3. The molecule has 0 radical (unpaired) electrons. The first-order valence-electron chi connectivity index (χ1n) is 6.10. The Hall–Kier alpha value is -1.11. The number of nitrogens with one attached hydrogen (secondary N) is 1. The van der Waals surface area contributed by atoms with Gasteiger partial charge in [0.05, 0.1) is 18.8 Å². The number of hydrogen-bond acceptors (Lipinski definition) is 3. The van der Waals surface area contributed by atoms with E-state index in [-0.39, 0.29) is 18.4 Å². The number of nitrogens with zero attached hydrogens (tertiary/aromatic N) is 1. The Bertz CT molecular complexity index is 538. The highest BCUT2D eigenvalue weighted by atomic mass is 79.9. The zero-order valence-electron chi connectivity index (χ0n) is 10.9. The van der Waals surface area contributed by atoms with E-state index in [1.807, 2.05) is 0 Å². The van der Waals surface area contributed by atoms with Crippen LogP contribution in [0, 0.1) is 0 Å². The maximum atomic E-state index is 12.6. The van der Waals surface area contributed by atoms with Crippen LogP contribution in [-0.2, 0) is 9.53 Å². The summed E-state index contributed by atoms with van der Waals surface area (Å²) < 4.78 is 5.93. The van der Waals surface area contributed by atoms with Crippen LogP contribution in [0.2, 0.25) is 5.02 Å². The monoisotopic (exact) mass is 360 g/mol. The van der Waals surface area contributed by atoms with Crippen molar-refractivity contribution in [2.24, 2.45) is 0 Å². The standard InChI is InChI=1S/C13H14BrClN2O3/c1-16-12(18)11-7-20-5-4-17(11)13(19)9-6-8(15)2-3-10(9)14/h2-3,6,11H,4-5,7H2,1H3,(H,16,18). The van der Waals surface area contributed by atoms with Crippen LogP contribution in [0.1, 0.15) is 10.4 Å². The largest absolute Gasteiger partial charge is 0.377 e. The fraction of sp³-hybridized carbons (Fsp3) is 0.385. The molecule has 2 amide bonds. The fourth-order valence-electron chi connectivity index (χ4n) is 2.05. The number of morpholine rings is 1. The number of amides is 2. The van der Waals surface area contributed by atoms with Gasteiger partial charge in [0.1, 0.15) is 6.04 Å². The van der Waals surface area contributed by atoms with Gasteiger partial charge in [-0.1, -0.05) is 11.6 Å². The minimum absolute atomic E-state index is 0.198. The highest BCUT2D eigenvalue weighted by molar-refractivity contribution is 9.10. The predicted octanol–water partition coefficient (Wildman–Crippen LogP) is 1.69. The first-order valence-corrected chi connectivity index (χ1v) is 7.27. The lowest BCUT2D eigenvalue weighted by atomic mass is 10.1. The van der Waals surface area contributed by atoms with E-state index in [4.69, 9.17) is 16.3 Å². The van der Waals surface area contributed by atoms with Gasteiger partial charge in [-0.15, -0.1) is 0 Å². The quantitative estimate of drug-likeness (QED) is 0.872. The lowest BCUT2D eigenvalue weighted by Gasteiger charge is -2.34. The van der Waals surface area contributed by atoms with E-state index in [2.05, 4.69) is 21.2 Å². The first-order chi connectivity index (χ1) is 9.54. The molecular formula is C13H14BrClN2O3. The molecule has 7 heteroatoms. The molecule has 1 atom stereocenters. The maximum absolute atomic E-state index is 12.6. The molecule has 0 bridgehead atoms. The molecule has 0 saturated carbocycles. The number of halogens is 2. The van der Waals surface area contributed by atoms with Crippen molar-refractivity contribution in [1.82, 2.24) is 10.2 Å². The van der Waals surface area contributed by atoms with Gasteiger partial charge in [-0.25, -0.2) is 0 Å². The van der Waals surface area contributed by atoms with Crippen LogP contribution < -0.4 is 5.32 Å². The predicted molar refractivity (Wildman–Crippen MR) is 78.9 cm³/mol. The fourth-order valence-corrected chi connectivity index (χ4v) is 2.64. The van der Waals surface area contributed by atoms with Crippen LogP contribution >= 0.6 is 27.5 Å². The number of hydrogen-bond donors (Lipinski definition) is 1. The van der Waals surface area contributed by atoms with Crippen molar-refractivity contribution >= 4 is 39.3 Å². The van der Waals surface area contributed by atoms with Crippen molar-refractivity contribution < 1.29 is 14.3 Å². The summed E-state index contributed by atoms with van der Waals surface area (Å²) in [5.74, 6) is -0.479. The van der Waals surface area contributed by atoms with Crippen LogP contribution in [0.4, 0.5) is 0 Å². The summed E-state index contributed by atoms with van der Waals surface area (Å²) in [4.78, 5) is 26.0. The van der Waals surface area contributed by atoms with E-state index in [1.165, 1.54) is 11.9 Å². The third-order valence-corrected chi connectivity index (χ3v) is 4.02. The van der Waals surface area contributed by atoms with Crippen molar-refractivity contribution in [3.63, 3.8) is 0 Å². The molecule has 1 aliphatic rings.